The van der Waals surface area contributed by atoms with Crippen molar-refractivity contribution in [3.05, 3.63) is 28.8 Å². The molecule has 1 unspecified atom stereocenters. The predicted octanol–water partition coefficient (Wildman–Crippen LogP) is 3.19. The van der Waals surface area contributed by atoms with Gasteiger partial charge in [-0.2, -0.15) is 0 Å². The highest BCUT2D eigenvalue weighted by Gasteiger charge is 2.29. The standard InChI is InChI=1S/C16H25ClN2O/c1-12(2)18-10-13-14(17)6-4-7-15(13)19-9-5-8-16(3,20)11-19/h4,6-7,12,18,20H,5,8-11H2,1-3H3. The monoisotopic (exact) mass is 296 g/mol. The number of rotatable bonds is 4. The van der Waals surface area contributed by atoms with Gasteiger partial charge in [-0.15, -0.1) is 0 Å². The topological polar surface area (TPSA) is 35.5 Å². The number of anilines is 1. The van der Waals surface area contributed by atoms with Gasteiger partial charge in [-0.25, -0.2) is 0 Å². The summed E-state index contributed by atoms with van der Waals surface area (Å²) in [7, 11) is 0. The number of halogens is 1. The first kappa shape index (κ1) is 15.6. The third-order valence-electron chi connectivity index (χ3n) is 3.80. The summed E-state index contributed by atoms with van der Waals surface area (Å²) in [4.78, 5) is 2.26. The normalized spacial score (nSPS) is 23.4. The number of β-amino-alcohol motifs (C(OH)–C–C–N with tert-alkyl or cyclic N) is 1. The van der Waals surface area contributed by atoms with Crippen LogP contribution in [0.4, 0.5) is 5.69 Å². The third-order valence-corrected chi connectivity index (χ3v) is 4.15. The molecule has 2 N–H and O–H groups in total. The van der Waals surface area contributed by atoms with Gasteiger partial charge in [-0.1, -0.05) is 31.5 Å². The quantitative estimate of drug-likeness (QED) is 0.896. The Kier molecular flexibility index (Phi) is 4.95. The number of piperidine rings is 1. The first-order valence-electron chi connectivity index (χ1n) is 7.37. The van der Waals surface area contributed by atoms with Crippen molar-refractivity contribution in [1.29, 1.82) is 0 Å². The summed E-state index contributed by atoms with van der Waals surface area (Å²) >= 11 is 6.37. The summed E-state index contributed by atoms with van der Waals surface area (Å²) in [5.41, 5.74) is 1.66. The van der Waals surface area contributed by atoms with E-state index in [1.807, 2.05) is 19.1 Å². The molecule has 0 aliphatic carbocycles. The van der Waals surface area contributed by atoms with Crippen molar-refractivity contribution in [1.82, 2.24) is 5.32 Å². The maximum atomic E-state index is 10.3. The molecule has 1 saturated heterocycles. The van der Waals surface area contributed by atoms with Crippen molar-refractivity contribution in [3.8, 4) is 0 Å². The third kappa shape index (κ3) is 3.87. The molecule has 4 heteroatoms. The molecule has 3 nitrogen and oxygen atoms in total. The van der Waals surface area contributed by atoms with Crippen LogP contribution in [0, 0.1) is 0 Å². The van der Waals surface area contributed by atoms with E-state index in [0.29, 0.717) is 12.6 Å². The summed E-state index contributed by atoms with van der Waals surface area (Å²) in [6.07, 6.45) is 1.88. The number of aliphatic hydroxyl groups is 1. The smallest absolute Gasteiger partial charge is 0.0794 e. The molecule has 20 heavy (non-hydrogen) atoms. The second-order valence-corrected chi connectivity index (χ2v) is 6.70. The van der Waals surface area contributed by atoms with Crippen LogP contribution < -0.4 is 10.2 Å². The van der Waals surface area contributed by atoms with Gasteiger partial charge in [-0.05, 0) is 31.9 Å². The van der Waals surface area contributed by atoms with Crippen LogP contribution in [0.2, 0.25) is 5.02 Å². The SMILES string of the molecule is CC(C)NCc1c(Cl)cccc1N1CCCC(C)(O)C1. The minimum Gasteiger partial charge on any atom is -0.388 e. The van der Waals surface area contributed by atoms with E-state index in [1.165, 1.54) is 0 Å². The molecule has 1 fully saturated rings. The van der Waals surface area contributed by atoms with Crippen LogP contribution in [0.1, 0.15) is 39.2 Å². The van der Waals surface area contributed by atoms with Gasteiger partial charge in [0, 0.05) is 41.9 Å². The molecule has 1 aliphatic rings. The summed E-state index contributed by atoms with van der Waals surface area (Å²) in [5, 5.41) is 14.5. The second kappa shape index (κ2) is 6.33. The molecular formula is C16H25ClN2O. The largest absolute Gasteiger partial charge is 0.388 e. The average Bonchev–Trinajstić information content (AvgIpc) is 2.35. The zero-order valence-electron chi connectivity index (χ0n) is 12.6. The average molecular weight is 297 g/mol. The number of nitrogens with one attached hydrogen (secondary N) is 1. The number of hydrogen-bond donors (Lipinski definition) is 2. The molecule has 0 aromatic heterocycles. The van der Waals surface area contributed by atoms with Crippen LogP contribution in [0.3, 0.4) is 0 Å². The zero-order chi connectivity index (χ0) is 14.8. The first-order chi connectivity index (χ1) is 9.39. The van der Waals surface area contributed by atoms with Gasteiger partial charge in [0.25, 0.3) is 0 Å². The summed E-state index contributed by atoms with van der Waals surface area (Å²) in [6, 6.07) is 6.44. The van der Waals surface area contributed by atoms with Gasteiger partial charge in [0.15, 0.2) is 0 Å². The Hall–Kier alpha value is -0.770. The maximum absolute atomic E-state index is 10.3. The number of hydrogen-bond acceptors (Lipinski definition) is 3. The summed E-state index contributed by atoms with van der Waals surface area (Å²) in [6.45, 7) is 8.57. The minimum atomic E-state index is -0.608. The Morgan fingerprint density at radius 1 is 1.45 bits per heavy atom. The maximum Gasteiger partial charge on any atom is 0.0794 e. The van der Waals surface area contributed by atoms with Crippen LogP contribution >= 0.6 is 11.6 Å². The highest BCUT2D eigenvalue weighted by molar-refractivity contribution is 6.31. The lowest BCUT2D eigenvalue weighted by Crippen LogP contribution is -2.46. The van der Waals surface area contributed by atoms with E-state index in [-0.39, 0.29) is 0 Å². The fraction of sp³-hybridized carbons (Fsp3) is 0.625. The van der Waals surface area contributed by atoms with E-state index in [1.54, 1.807) is 0 Å². The van der Waals surface area contributed by atoms with E-state index in [2.05, 4.69) is 30.1 Å². The molecule has 112 valence electrons. The molecule has 0 saturated carbocycles. The Morgan fingerprint density at radius 2 is 2.20 bits per heavy atom. The van der Waals surface area contributed by atoms with Gasteiger partial charge in [0.1, 0.15) is 0 Å². The molecule has 0 radical (unpaired) electrons. The minimum absolute atomic E-state index is 0.420. The molecule has 1 aliphatic heterocycles. The Morgan fingerprint density at radius 3 is 2.85 bits per heavy atom. The van der Waals surface area contributed by atoms with E-state index in [0.717, 1.165) is 42.2 Å². The lowest BCUT2D eigenvalue weighted by Gasteiger charge is -2.39. The van der Waals surface area contributed by atoms with Gasteiger partial charge in [0.05, 0.1) is 5.60 Å². The van der Waals surface area contributed by atoms with Crippen molar-refractivity contribution < 1.29 is 5.11 Å². The fourth-order valence-corrected chi connectivity index (χ4v) is 2.99. The van der Waals surface area contributed by atoms with Crippen molar-refractivity contribution in [2.45, 2.75) is 51.8 Å². The molecule has 0 spiro atoms. The molecule has 1 heterocycles. The van der Waals surface area contributed by atoms with E-state index < -0.39 is 5.60 Å². The Balaban J connectivity index is 2.24. The summed E-state index contributed by atoms with van der Waals surface area (Å²) in [5.74, 6) is 0. The fourth-order valence-electron chi connectivity index (χ4n) is 2.75. The van der Waals surface area contributed by atoms with Crippen LogP contribution in [-0.2, 0) is 6.54 Å². The van der Waals surface area contributed by atoms with Crippen molar-refractivity contribution in [2.75, 3.05) is 18.0 Å². The molecule has 1 atom stereocenters. The Labute approximate surface area is 126 Å². The molecule has 0 amide bonds. The Bertz CT molecular complexity index is 460. The molecule has 1 aromatic carbocycles. The van der Waals surface area contributed by atoms with Crippen molar-refractivity contribution in [3.63, 3.8) is 0 Å². The van der Waals surface area contributed by atoms with Crippen LogP contribution in [0.25, 0.3) is 0 Å². The lowest BCUT2D eigenvalue weighted by atomic mass is 9.94. The molecule has 0 bridgehead atoms. The predicted molar refractivity (Wildman–Crippen MR) is 85.5 cm³/mol. The van der Waals surface area contributed by atoms with Gasteiger partial charge in [-0.3, -0.25) is 0 Å². The van der Waals surface area contributed by atoms with Crippen LogP contribution in [0.5, 0.6) is 0 Å². The highest BCUT2D eigenvalue weighted by atomic mass is 35.5. The molecule has 1 aromatic rings. The van der Waals surface area contributed by atoms with Gasteiger partial charge < -0.3 is 15.3 Å². The zero-order valence-corrected chi connectivity index (χ0v) is 13.4. The molecule has 2 rings (SSSR count). The lowest BCUT2D eigenvalue weighted by molar-refractivity contribution is 0.0449. The summed E-state index contributed by atoms with van der Waals surface area (Å²) < 4.78 is 0. The van der Waals surface area contributed by atoms with E-state index in [4.69, 9.17) is 11.6 Å². The number of benzene rings is 1. The van der Waals surface area contributed by atoms with Gasteiger partial charge >= 0.3 is 0 Å². The van der Waals surface area contributed by atoms with E-state index in [9.17, 15) is 5.11 Å². The highest BCUT2D eigenvalue weighted by Crippen LogP contribution is 2.32. The van der Waals surface area contributed by atoms with Crippen molar-refractivity contribution in [2.24, 2.45) is 0 Å². The molecular weight excluding hydrogens is 272 g/mol. The first-order valence-corrected chi connectivity index (χ1v) is 7.75. The second-order valence-electron chi connectivity index (χ2n) is 6.30. The van der Waals surface area contributed by atoms with Crippen LogP contribution in [-0.4, -0.2) is 29.8 Å². The van der Waals surface area contributed by atoms with Crippen LogP contribution in [0.15, 0.2) is 18.2 Å². The number of nitrogens with zero attached hydrogens (tertiary/aromatic N) is 1. The van der Waals surface area contributed by atoms with E-state index >= 15 is 0 Å². The van der Waals surface area contributed by atoms with Crippen molar-refractivity contribution >= 4 is 17.3 Å². The van der Waals surface area contributed by atoms with Gasteiger partial charge in [0.2, 0.25) is 0 Å².